The molecule has 1 atom stereocenters. The molecule has 0 aromatic heterocycles. The summed E-state index contributed by atoms with van der Waals surface area (Å²) in [7, 11) is 0. The summed E-state index contributed by atoms with van der Waals surface area (Å²) in [5, 5.41) is 3.53. The smallest absolute Gasteiger partial charge is 0.0251 e. The summed E-state index contributed by atoms with van der Waals surface area (Å²) < 4.78 is 0. The minimum absolute atomic E-state index is 0.616. The SMILES string of the molecule is CCCNC(C)C1=CCCCC1. The van der Waals surface area contributed by atoms with Gasteiger partial charge in [-0.15, -0.1) is 0 Å². The summed E-state index contributed by atoms with van der Waals surface area (Å²) in [5.41, 5.74) is 1.63. The molecule has 1 aliphatic rings. The molecule has 1 heteroatoms. The largest absolute Gasteiger partial charge is 0.311 e. The van der Waals surface area contributed by atoms with E-state index in [1.54, 1.807) is 5.57 Å². The molecule has 12 heavy (non-hydrogen) atoms. The van der Waals surface area contributed by atoms with Crippen LogP contribution in [0.4, 0.5) is 0 Å². The lowest BCUT2D eigenvalue weighted by molar-refractivity contribution is 0.557. The minimum atomic E-state index is 0.616. The predicted molar refractivity (Wildman–Crippen MR) is 54.3 cm³/mol. The molecule has 0 aromatic carbocycles. The molecule has 0 amide bonds. The van der Waals surface area contributed by atoms with E-state index in [0.29, 0.717) is 6.04 Å². The Hall–Kier alpha value is -0.300. The zero-order valence-corrected chi connectivity index (χ0v) is 8.40. The Morgan fingerprint density at radius 2 is 2.33 bits per heavy atom. The molecule has 0 spiro atoms. The molecule has 0 heterocycles. The van der Waals surface area contributed by atoms with Gasteiger partial charge < -0.3 is 5.32 Å². The Labute approximate surface area is 76.2 Å². The first kappa shape index (κ1) is 9.79. The van der Waals surface area contributed by atoms with Crippen LogP contribution < -0.4 is 5.32 Å². The van der Waals surface area contributed by atoms with Gasteiger partial charge in [0, 0.05) is 6.04 Å². The van der Waals surface area contributed by atoms with Gasteiger partial charge in [-0.25, -0.2) is 0 Å². The van der Waals surface area contributed by atoms with Crippen LogP contribution >= 0.6 is 0 Å². The maximum Gasteiger partial charge on any atom is 0.0251 e. The van der Waals surface area contributed by atoms with Crippen LogP contribution in [0.5, 0.6) is 0 Å². The summed E-state index contributed by atoms with van der Waals surface area (Å²) in [6.45, 7) is 5.65. The number of nitrogens with one attached hydrogen (secondary N) is 1. The zero-order chi connectivity index (χ0) is 8.81. The lowest BCUT2D eigenvalue weighted by Gasteiger charge is -2.20. The van der Waals surface area contributed by atoms with Crippen molar-refractivity contribution < 1.29 is 0 Å². The van der Waals surface area contributed by atoms with E-state index in [9.17, 15) is 0 Å². The number of rotatable bonds is 4. The summed E-state index contributed by atoms with van der Waals surface area (Å²) in [6.07, 6.45) is 9.06. The fraction of sp³-hybridized carbons (Fsp3) is 0.818. The molecular formula is C11H21N. The van der Waals surface area contributed by atoms with Gasteiger partial charge in [-0.2, -0.15) is 0 Å². The molecule has 0 fully saturated rings. The summed E-state index contributed by atoms with van der Waals surface area (Å²) >= 11 is 0. The molecule has 70 valence electrons. The Morgan fingerprint density at radius 3 is 2.92 bits per heavy atom. The molecule has 1 N–H and O–H groups in total. The standard InChI is InChI=1S/C11H21N/c1-3-9-12-10(2)11-7-5-4-6-8-11/h7,10,12H,3-6,8-9H2,1-2H3. The highest BCUT2D eigenvalue weighted by atomic mass is 14.9. The summed E-state index contributed by atoms with van der Waals surface area (Å²) in [5.74, 6) is 0. The average Bonchev–Trinajstić information content (AvgIpc) is 2.15. The third-order valence-electron chi connectivity index (χ3n) is 2.58. The highest BCUT2D eigenvalue weighted by Crippen LogP contribution is 2.19. The quantitative estimate of drug-likeness (QED) is 0.635. The van der Waals surface area contributed by atoms with Crippen molar-refractivity contribution in [2.75, 3.05) is 6.54 Å². The topological polar surface area (TPSA) is 12.0 Å². The van der Waals surface area contributed by atoms with Crippen molar-refractivity contribution >= 4 is 0 Å². The van der Waals surface area contributed by atoms with Crippen molar-refractivity contribution in [1.82, 2.24) is 5.32 Å². The van der Waals surface area contributed by atoms with Gasteiger partial charge in [0.15, 0.2) is 0 Å². The first-order valence-electron chi connectivity index (χ1n) is 5.27. The van der Waals surface area contributed by atoms with Gasteiger partial charge in [0.05, 0.1) is 0 Å². The molecule has 0 radical (unpaired) electrons. The number of hydrogen-bond donors (Lipinski definition) is 1. The van der Waals surface area contributed by atoms with E-state index in [4.69, 9.17) is 0 Å². The fourth-order valence-electron chi connectivity index (χ4n) is 1.75. The Kier molecular flexibility index (Phi) is 4.37. The second-order valence-electron chi connectivity index (χ2n) is 3.70. The third-order valence-corrected chi connectivity index (χ3v) is 2.58. The second-order valence-corrected chi connectivity index (χ2v) is 3.70. The zero-order valence-electron chi connectivity index (χ0n) is 8.40. The summed E-state index contributed by atoms with van der Waals surface area (Å²) in [6, 6.07) is 0.616. The highest BCUT2D eigenvalue weighted by Gasteiger charge is 2.09. The fourth-order valence-corrected chi connectivity index (χ4v) is 1.75. The van der Waals surface area contributed by atoms with Crippen molar-refractivity contribution in [3.8, 4) is 0 Å². The molecule has 1 rings (SSSR count). The monoisotopic (exact) mass is 167 g/mol. The molecule has 0 bridgehead atoms. The molecule has 0 aliphatic heterocycles. The molecule has 1 unspecified atom stereocenters. The maximum atomic E-state index is 3.53. The molecule has 0 aromatic rings. The van der Waals surface area contributed by atoms with E-state index in [1.165, 1.54) is 32.1 Å². The molecule has 1 aliphatic carbocycles. The van der Waals surface area contributed by atoms with Gasteiger partial charge >= 0.3 is 0 Å². The Bertz CT molecular complexity index is 149. The van der Waals surface area contributed by atoms with Crippen molar-refractivity contribution in [3.63, 3.8) is 0 Å². The second kappa shape index (κ2) is 5.36. The molecule has 0 saturated carbocycles. The van der Waals surface area contributed by atoms with Crippen LogP contribution in [0.25, 0.3) is 0 Å². The van der Waals surface area contributed by atoms with E-state index in [0.717, 1.165) is 6.54 Å². The van der Waals surface area contributed by atoms with Crippen LogP contribution in [0.15, 0.2) is 11.6 Å². The van der Waals surface area contributed by atoms with E-state index in [-0.39, 0.29) is 0 Å². The lowest BCUT2D eigenvalue weighted by Crippen LogP contribution is -2.29. The van der Waals surface area contributed by atoms with Crippen LogP contribution in [0, 0.1) is 0 Å². The number of hydrogen-bond acceptors (Lipinski definition) is 1. The normalized spacial score (nSPS) is 20.3. The van der Waals surface area contributed by atoms with Gasteiger partial charge in [0.1, 0.15) is 0 Å². The lowest BCUT2D eigenvalue weighted by atomic mass is 9.95. The van der Waals surface area contributed by atoms with Gasteiger partial charge in [0.25, 0.3) is 0 Å². The summed E-state index contributed by atoms with van der Waals surface area (Å²) in [4.78, 5) is 0. The van der Waals surface area contributed by atoms with Crippen molar-refractivity contribution in [2.45, 2.75) is 52.0 Å². The van der Waals surface area contributed by atoms with Crippen molar-refractivity contribution in [2.24, 2.45) is 0 Å². The van der Waals surface area contributed by atoms with Crippen LogP contribution in [0.1, 0.15) is 46.0 Å². The van der Waals surface area contributed by atoms with Gasteiger partial charge in [-0.05, 0) is 45.6 Å². The Morgan fingerprint density at radius 1 is 1.50 bits per heavy atom. The van der Waals surface area contributed by atoms with E-state index >= 15 is 0 Å². The van der Waals surface area contributed by atoms with E-state index in [1.807, 2.05) is 0 Å². The van der Waals surface area contributed by atoms with E-state index < -0.39 is 0 Å². The van der Waals surface area contributed by atoms with Crippen molar-refractivity contribution in [1.29, 1.82) is 0 Å². The van der Waals surface area contributed by atoms with Gasteiger partial charge in [-0.3, -0.25) is 0 Å². The van der Waals surface area contributed by atoms with Crippen LogP contribution in [-0.2, 0) is 0 Å². The number of allylic oxidation sites excluding steroid dienone is 1. The van der Waals surface area contributed by atoms with Gasteiger partial charge in [-0.1, -0.05) is 18.6 Å². The maximum absolute atomic E-state index is 3.53. The molecular weight excluding hydrogens is 146 g/mol. The molecule has 1 nitrogen and oxygen atoms in total. The third kappa shape index (κ3) is 2.98. The highest BCUT2D eigenvalue weighted by molar-refractivity contribution is 5.11. The van der Waals surface area contributed by atoms with Crippen LogP contribution in [0.3, 0.4) is 0 Å². The van der Waals surface area contributed by atoms with Crippen LogP contribution in [-0.4, -0.2) is 12.6 Å². The van der Waals surface area contributed by atoms with E-state index in [2.05, 4.69) is 25.2 Å². The van der Waals surface area contributed by atoms with Crippen molar-refractivity contribution in [3.05, 3.63) is 11.6 Å². The van der Waals surface area contributed by atoms with Gasteiger partial charge in [0.2, 0.25) is 0 Å². The Balaban J connectivity index is 2.29. The average molecular weight is 167 g/mol. The molecule has 0 saturated heterocycles. The first-order valence-corrected chi connectivity index (χ1v) is 5.27. The minimum Gasteiger partial charge on any atom is -0.311 e. The predicted octanol–water partition coefficient (Wildman–Crippen LogP) is 2.87. The first-order chi connectivity index (χ1) is 5.84. The van der Waals surface area contributed by atoms with Crippen LogP contribution in [0.2, 0.25) is 0 Å².